The first-order valence-corrected chi connectivity index (χ1v) is 7.87. The van der Waals surface area contributed by atoms with Gasteiger partial charge in [-0.3, -0.25) is 5.41 Å². The van der Waals surface area contributed by atoms with E-state index in [1.165, 1.54) is 17.0 Å². The first kappa shape index (κ1) is 21.8. The minimum absolute atomic E-state index is 0. The van der Waals surface area contributed by atoms with Crippen LogP contribution in [0.4, 0.5) is 18.9 Å². The smallest absolute Gasteiger partial charge is 0.370 e. The number of guanidine groups is 1. The van der Waals surface area contributed by atoms with Crippen LogP contribution in [0.3, 0.4) is 0 Å². The molecule has 0 amide bonds. The molecule has 0 unspecified atom stereocenters. The van der Waals surface area contributed by atoms with Gasteiger partial charge < -0.3 is 10.6 Å². The zero-order valence-corrected chi connectivity index (χ0v) is 15.7. The summed E-state index contributed by atoms with van der Waals surface area (Å²) in [7, 11) is 0. The quantitative estimate of drug-likeness (QED) is 0.554. The Labute approximate surface area is 157 Å². The Morgan fingerprint density at radius 2 is 1.58 bits per heavy atom. The van der Waals surface area contributed by atoms with Crippen LogP contribution in [0.1, 0.15) is 37.5 Å². The van der Waals surface area contributed by atoms with E-state index in [0.29, 0.717) is 0 Å². The molecule has 3 nitrogen and oxygen atoms in total. The number of nitrogens with two attached hydrogens (primary N) is 1. The number of alkyl halides is 3. The predicted octanol–water partition coefficient (Wildman–Crippen LogP) is 5.32. The van der Waals surface area contributed by atoms with Crippen molar-refractivity contribution in [2.24, 2.45) is 5.73 Å². The van der Waals surface area contributed by atoms with E-state index >= 15 is 0 Å². The molecule has 26 heavy (non-hydrogen) atoms. The Bertz CT molecular complexity index is 750. The lowest BCUT2D eigenvalue weighted by atomic mass is 9.87. The summed E-state index contributed by atoms with van der Waals surface area (Å²) in [6.45, 7) is 6.53. The molecule has 0 fully saturated rings. The maximum Gasteiger partial charge on any atom is 0.416 e. The molecule has 0 saturated carbocycles. The molecule has 0 saturated heterocycles. The Morgan fingerprint density at radius 3 is 2.04 bits per heavy atom. The highest BCUT2D eigenvalue weighted by atomic mass is 35.5. The second kappa shape index (κ2) is 7.99. The third-order valence-corrected chi connectivity index (χ3v) is 3.94. The van der Waals surface area contributed by atoms with Crippen molar-refractivity contribution in [3.05, 3.63) is 65.2 Å². The summed E-state index contributed by atoms with van der Waals surface area (Å²) in [5.74, 6) is -0.306. The largest absolute Gasteiger partial charge is 0.416 e. The number of halogens is 4. The molecule has 3 N–H and O–H groups in total. The van der Waals surface area contributed by atoms with Crippen LogP contribution < -0.4 is 10.6 Å². The van der Waals surface area contributed by atoms with Crippen LogP contribution in [0.2, 0.25) is 0 Å². The molecule has 142 valence electrons. The molecule has 2 aromatic carbocycles. The summed E-state index contributed by atoms with van der Waals surface area (Å²) >= 11 is 0. The Balaban J connectivity index is 0.00000338. The normalized spacial score (nSPS) is 11.6. The fraction of sp³-hybridized carbons (Fsp3) is 0.316. The van der Waals surface area contributed by atoms with Crippen LogP contribution >= 0.6 is 12.4 Å². The monoisotopic (exact) mass is 385 g/mol. The highest BCUT2D eigenvalue weighted by Crippen LogP contribution is 2.32. The van der Waals surface area contributed by atoms with Gasteiger partial charge in [0.2, 0.25) is 0 Å². The molecule has 0 atom stereocenters. The Hall–Kier alpha value is -2.21. The lowest BCUT2D eigenvalue weighted by Gasteiger charge is -2.24. The summed E-state index contributed by atoms with van der Waals surface area (Å²) in [5.41, 5.74) is 7.11. The minimum atomic E-state index is -4.44. The number of hydrogen-bond acceptors (Lipinski definition) is 1. The molecule has 0 aliphatic rings. The lowest BCUT2D eigenvalue weighted by Crippen LogP contribution is -2.36. The van der Waals surface area contributed by atoms with E-state index in [2.05, 4.69) is 20.8 Å². The van der Waals surface area contributed by atoms with E-state index in [9.17, 15) is 13.2 Å². The fourth-order valence-corrected chi connectivity index (χ4v) is 2.46. The molecule has 7 heteroatoms. The Morgan fingerprint density at radius 1 is 1.00 bits per heavy atom. The summed E-state index contributed by atoms with van der Waals surface area (Å²) < 4.78 is 38.7. The first-order chi connectivity index (χ1) is 11.5. The van der Waals surface area contributed by atoms with E-state index in [4.69, 9.17) is 11.1 Å². The van der Waals surface area contributed by atoms with Crippen molar-refractivity contribution in [2.45, 2.75) is 38.9 Å². The molecule has 0 radical (unpaired) electrons. The highest BCUT2D eigenvalue weighted by molar-refractivity contribution is 5.92. The van der Waals surface area contributed by atoms with Crippen molar-refractivity contribution in [3.63, 3.8) is 0 Å². The second-order valence-corrected chi connectivity index (χ2v) is 6.97. The summed E-state index contributed by atoms with van der Waals surface area (Å²) in [4.78, 5) is 1.35. The van der Waals surface area contributed by atoms with Crippen LogP contribution in [-0.2, 0) is 18.1 Å². The van der Waals surface area contributed by atoms with Crippen LogP contribution in [-0.4, -0.2) is 5.96 Å². The van der Waals surface area contributed by atoms with Gasteiger partial charge in [-0.25, -0.2) is 0 Å². The van der Waals surface area contributed by atoms with Gasteiger partial charge in [0.25, 0.3) is 0 Å². The molecule has 0 aliphatic heterocycles. The van der Waals surface area contributed by atoms with Crippen LogP contribution in [0.25, 0.3) is 0 Å². The van der Waals surface area contributed by atoms with Crippen molar-refractivity contribution in [3.8, 4) is 0 Å². The average Bonchev–Trinajstić information content (AvgIpc) is 2.51. The molecular formula is C19H23ClF3N3. The van der Waals surface area contributed by atoms with Gasteiger partial charge in [0.05, 0.1) is 12.1 Å². The van der Waals surface area contributed by atoms with Gasteiger partial charge in [0.1, 0.15) is 0 Å². The van der Waals surface area contributed by atoms with Crippen molar-refractivity contribution in [2.75, 3.05) is 4.90 Å². The van der Waals surface area contributed by atoms with Crippen LogP contribution in [0.15, 0.2) is 48.5 Å². The zero-order chi connectivity index (χ0) is 18.8. The Kier molecular flexibility index (Phi) is 6.71. The molecular weight excluding hydrogens is 363 g/mol. The number of nitrogens with one attached hydrogen (secondary N) is 1. The average molecular weight is 386 g/mol. The summed E-state index contributed by atoms with van der Waals surface area (Å²) in [6, 6.07) is 12.6. The number of anilines is 1. The SMILES string of the molecule is CC(C)(C)c1ccc(CN(C(=N)N)c2cccc(C(F)(F)F)c2)cc1.Cl. The zero-order valence-electron chi connectivity index (χ0n) is 14.9. The van der Waals surface area contributed by atoms with Gasteiger partial charge in [0.15, 0.2) is 5.96 Å². The van der Waals surface area contributed by atoms with Crippen molar-refractivity contribution >= 4 is 24.1 Å². The molecule has 0 heterocycles. The molecule has 2 aromatic rings. The van der Waals surface area contributed by atoms with Gasteiger partial charge >= 0.3 is 6.18 Å². The van der Waals surface area contributed by atoms with Gasteiger partial charge in [0, 0.05) is 5.69 Å². The third kappa shape index (κ3) is 5.39. The summed E-state index contributed by atoms with van der Waals surface area (Å²) in [5, 5.41) is 7.73. The maximum absolute atomic E-state index is 12.9. The van der Waals surface area contributed by atoms with Gasteiger partial charge in [-0.05, 0) is 34.7 Å². The van der Waals surface area contributed by atoms with Crippen LogP contribution in [0.5, 0.6) is 0 Å². The van der Waals surface area contributed by atoms with Crippen molar-refractivity contribution in [1.82, 2.24) is 0 Å². The molecule has 0 spiro atoms. The van der Waals surface area contributed by atoms with E-state index in [-0.39, 0.29) is 36.0 Å². The number of rotatable bonds is 3. The maximum atomic E-state index is 12.9. The molecule has 0 aliphatic carbocycles. The topological polar surface area (TPSA) is 53.1 Å². The molecule has 0 bridgehead atoms. The summed E-state index contributed by atoms with van der Waals surface area (Å²) in [6.07, 6.45) is -4.44. The third-order valence-electron chi connectivity index (χ3n) is 3.94. The number of nitrogens with zero attached hydrogens (tertiary/aromatic N) is 1. The fourth-order valence-electron chi connectivity index (χ4n) is 2.46. The second-order valence-electron chi connectivity index (χ2n) is 6.97. The van der Waals surface area contributed by atoms with Gasteiger partial charge in [-0.2, -0.15) is 13.2 Å². The molecule has 0 aromatic heterocycles. The first-order valence-electron chi connectivity index (χ1n) is 7.87. The number of hydrogen-bond donors (Lipinski definition) is 2. The standard InChI is InChI=1S/C19H22F3N3.ClH/c1-18(2,3)14-9-7-13(8-10-14)12-25(17(23)24)16-6-4-5-15(11-16)19(20,21)22;/h4-11H,12H2,1-3H3,(H3,23,24);1H. The van der Waals surface area contributed by atoms with E-state index in [1.807, 2.05) is 24.3 Å². The van der Waals surface area contributed by atoms with Gasteiger partial charge in [-0.15, -0.1) is 12.4 Å². The predicted molar refractivity (Wildman–Crippen MR) is 102 cm³/mol. The van der Waals surface area contributed by atoms with E-state index in [1.54, 1.807) is 0 Å². The minimum Gasteiger partial charge on any atom is -0.370 e. The molecule has 2 rings (SSSR count). The highest BCUT2D eigenvalue weighted by Gasteiger charge is 2.31. The number of benzene rings is 2. The van der Waals surface area contributed by atoms with Crippen molar-refractivity contribution < 1.29 is 13.2 Å². The van der Waals surface area contributed by atoms with Crippen LogP contribution in [0, 0.1) is 5.41 Å². The van der Waals surface area contributed by atoms with Gasteiger partial charge in [-0.1, -0.05) is 51.1 Å². The lowest BCUT2D eigenvalue weighted by molar-refractivity contribution is -0.137. The van der Waals surface area contributed by atoms with E-state index < -0.39 is 11.7 Å². The van der Waals surface area contributed by atoms with Crippen molar-refractivity contribution in [1.29, 1.82) is 5.41 Å². The van der Waals surface area contributed by atoms with E-state index in [0.717, 1.165) is 23.3 Å².